The van der Waals surface area contributed by atoms with Crippen molar-refractivity contribution in [1.29, 1.82) is 0 Å². The fourth-order valence-corrected chi connectivity index (χ4v) is 6.57. The summed E-state index contributed by atoms with van der Waals surface area (Å²) in [4.78, 5) is -3.37. The van der Waals surface area contributed by atoms with Gasteiger partial charge in [0.2, 0.25) is 0 Å². The van der Waals surface area contributed by atoms with E-state index in [1.54, 1.807) is 0 Å². The minimum Gasteiger partial charge on any atom is -0.117 e. The second-order valence-electron chi connectivity index (χ2n) is 3.56. The lowest BCUT2D eigenvalue weighted by molar-refractivity contribution is 0.665. The summed E-state index contributed by atoms with van der Waals surface area (Å²) in [5, 5.41) is -1.21. The minimum atomic E-state index is -1.81. The van der Waals surface area contributed by atoms with Gasteiger partial charge in [0.25, 0.3) is 0 Å². The molecule has 3 unspecified atom stereocenters. The highest BCUT2D eigenvalue weighted by Gasteiger charge is 2.87. The van der Waals surface area contributed by atoms with Crippen molar-refractivity contribution in [2.24, 2.45) is 0 Å². The van der Waals surface area contributed by atoms with Gasteiger partial charge >= 0.3 is 0 Å². The molecule has 0 saturated heterocycles. The quantitative estimate of drug-likeness (QED) is 0.461. The predicted octanol–water partition coefficient (Wildman–Crippen LogP) is 5.61. The SMILES string of the molecule is ClC1=C(Cl)C2(Cl)C(Cl)(Cl)C(Cl)C1(Cl)C2(Cl)Cl. The Labute approximate surface area is 137 Å². The maximum Gasteiger partial charge on any atom is 0.170 e. The van der Waals surface area contributed by atoms with Crippen LogP contribution >= 0.6 is 104 Å². The van der Waals surface area contributed by atoms with Gasteiger partial charge in [-0.3, -0.25) is 0 Å². The first kappa shape index (κ1) is 14.8. The highest BCUT2D eigenvalue weighted by Crippen LogP contribution is 2.78. The number of hydrogen-bond acceptors (Lipinski definition) is 0. The summed E-state index contributed by atoms with van der Waals surface area (Å²) in [5.41, 5.74) is 0. The van der Waals surface area contributed by atoms with Crippen LogP contribution in [0, 0.1) is 0 Å². The highest BCUT2D eigenvalue weighted by molar-refractivity contribution is 6.73. The van der Waals surface area contributed by atoms with E-state index in [0.717, 1.165) is 0 Å². The lowest BCUT2D eigenvalue weighted by atomic mass is 10.0. The molecule has 92 valence electrons. The summed E-state index contributed by atoms with van der Waals surface area (Å²) in [6, 6.07) is 0. The molecule has 2 rings (SSSR count). The monoisotopic (exact) mass is 400 g/mol. The third-order valence-corrected chi connectivity index (χ3v) is 9.28. The Morgan fingerprint density at radius 1 is 0.812 bits per heavy atom. The average Bonchev–Trinajstić information content (AvgIpc) is 2.34. The molecular formula is C7HCl9. The Morgan fingerprint density at radius 2 is 1.25 bits per heavy atom. The van der Waals surface area contributed by atoms with E-state index in [2.05, 4.69) is 0 Å². The Morgan fingerprint density at radius 3 is 1.56 bits per heavy atom. The van der Waals surface area contributed by atoms with E-state index in [4.69, 9.17) is 104 Å². The van der Waals surface area contributed by atoms with Crippen LogP contribution in [-0.4, -0.2) is 23.8 Å². The fraction of sp³-hybridized carbons (Fsp3) is 0.714. The third kappa shape index (κ3) is 1.17. The molecule has 1 saturated carbocycles. The summed E-state index contributed by atoms with van der Waals surface area (Å²) in [6.07, 6.45) is 0. The lowest BCUT2D eigenvalue weighted by Gasteiger charge is -2.36. The van der Waals surface area contributed by atoms with Crippen LogP contribution in [-0.2, 0) is 0 Å². The Balaban J connectivity index is 2.84. The van der Waals surface area contributed by atoms with Crippen molar-refractivity contribution in [3.63, 3.8) is 0 Å². The molecule has 0 N–H and O–H groups in total. The van der Waals surface area contributed by atoms with Crippen molar-refractivity contribution in [2.75, 3.05) is 0 Å². The van der Waals surface area contributed by atoms with E-state index in [9.17, 15) is 0 Å². The van der Waals surface area contributed by atoms with Gasteiger partial charge in [-0.15, -0.1) is 34.8 Å². The molecule has 0 aliphatic heterocycles. The molecular weight excluding hydrogens is 403 g/mol. The number of allylic oxidation sites excluding steroid dienone is 2. The zero-order chi connectivity index (χ0) is 12.7. The molecule has 0 aromatic rings. The number of alkyl halides is 7. The molecule has 2 aliphatic carbocycles. The largest absolute Gasteiger partial charge is 0.170 e. The molecule has 0 radical (unpaired) electrons. The van der Waals surface area contributed by atoms with E-state index in [1.807, 2.05) is 0 Å². The second kappa shape index (κ2) is 3.71. The summed E-state index contributed by atoms with van der Waals surface area (Å²) in [6.45, 7) is 0. The van der Waals surface area contributed by atoms with Crippen LogP contribution in [0.25, 0.3) is 0 Å². The first-order valence-electron chi connectivity index (χ1n) is 3.81. The number of halogens is 9. The molecule has 0 nitrogen and oxygen atoms in total. The smallest absolute Gasteiger partial charge is 0.117 e. The molecule has 16 heavy (non-hydrogen) atoms. The molecule has 1 fully saturated rings. The van der Waals surface area contributed by atoms with Crippen LogP contribution in [0.1, 0.15) is 0 Å². The first-order chi connectivity index (χ1) is 6.97. The Bertz CT molecular complexity index is 399. The zero-order valence-electron chi connectivity index (χ0n) is 6.98. The van der Waals surface area contributed by atoms with Crippen LogP contribution in [0.2, 0.25) is 0 Å². The molecule has 3 atom stereocenters. The first-order valence-corrected chi connectivity index (χ1v) is 7.27. The van der Waals surface area contributed by atoms with Crippen molar-refractivity contribution in [3.8, 4) is 0 Å². The van der Waals surface area contributed by atoms with Crippen LogP contribution in [0.15, 0.2) is 10.1 Å². The van der Waals surface area contributed by atoms with Crippen molar-refractivity contribution in [3.05, 3.63) is 10.1 Å². The van der Waals surface area contributed by atoms with Crippen molar-refractivity contribution >= 4 is 104 Å². The summed E-state index contributed by atoms with van der Waals surface area (Å²) in [5.74, 6) is 0. The third-order valence-electron chi connectivity index (χ3n) is 2.83. The van der Waals surface area contributed by atoms with Gasteiger partial charge in [-0.2, -0.15) is 0 Å². The van der Waals surface area contributed by atoms with Gasteiger partial charge in [0, 0.05) is 0 Å². The van der Waals surface area contributed by atoms with E-state index in [1.165, 1.54) is 0 Å². The van der Waals surface area contributed by atoms with Crippen molar-refractivity contribution in [1.82, 2.24) is 0 Å². The van der Waals surface area contributed by atoms with Crippen LogP contribution in [0.4, 0.5) is 0 Å². The van der Waals surface area contributed by atoms with Crippen LogP contribution in [0.5, 0.6) is 0 Å². The lowest BCUT2D eigenvalue weighted by Crippen LogP contribution is -2.48. The summed E-state index contributed by atoms with van der Waals surface area (Å²) in [7, 11) is 0. The molecule has 9 heteroatoms. The molecule has 0 aromatic heterocycles. The van der Waals surface area contributed by atoms with Gasteiger partial charge in [0.15, 0.2) is 13.5 Å². The minimum absolute atomic E-state index is 0.0345. The maximum atomic E-state index is 6.24. The van der Waals surface area contributed by atoms with Crippen molar-refractivity contribution < 1.29 is 0 Å². The molecule has 0 amide bonds. The second-order valence-corrected chi connectivity index (χ2v) is 8.63. The summed E-state index contributed by atoms with van der Waals surface area (Å²) >= 11 is 54.8. The average molecular weight is 404 g/mol. The molecule has 2 bridgehead atoms. The van der Waals surface area contributed by atoms with Gasteiger partial charge in [-0.25, -0.2) is 0 Å². The van der Waals surface area contributed by atoms with Crippen LogP contribution in [0.3, 0.4) is 0 Å². The van der Waals surface area contributed by atoms with Gasteiger partial charge in [0.05, 0.1) is 15.4 Å². The normalized spacial score (nSPS) is 48.9. The van der Waals surface area contributed by atoms with E-state index in [0.29, 0.717) is 0 Å². The van der Waals surface area contributed by atoms with Gasteiger partial charge in [-0.1, -0.05) is 69.6 Å². The zero-order valence-corrected chi connectivity index (χ0v) is 13.8. The number of fused-ring (bicyclic) bond motifs is 2. The summed E-state index contributed by atoms with van der Waals surface area (Å²) < 4.78 is -3.55. The topological polar surface area (TPSA) is 0 Å². The molecule has 0 heterocycles. The van der Waals surface area contributed by atoms with Crippen LogP contribution < -0.4 is 0 Å². The highest BCUT2D eigenvalue weighted by atomic mass is 35.5. The predicted molar refractivity (Wildman–Crippen MR) is 74.4 cm³/mol. The number of rotatable bonds is 0. The van der Waals surface area contributed by atoms with Gasteiger partial charge in [0.1, 0.15) is 4.87 Å². The molecule has 0 aromatic carbocycles. The fourth-order valence-electron chi connectivity index (χ4n) is 1.89. The van der Waals surface area contributed by atoms with Gasteiger partial charge in [-0.05, 0) is 0 Å². The standard InChI is InChI=1S/C7HCl9/c8-1-2(9)5(12)6(13,14)3(10)4(1,11)7(5,15)16/h3H. The van der Waals surface area contributed by atoms with E-state index >= 15 is 0 Å². The Hall–Kier alpha value is 2.35. The molecule has 0 spiro atoms. The van der Waals surface area contributed by atoms with E-state index in [-0.39, 0.29) is 10.1 Å². The van der Waals surface area contributed by atoms with E-state index < -0.39 is 23.8 Å². The molecule has 2 aliphatic rings. The van der Waals surface area contributed by atoms with Gasteiger partial charge < -0.3 is 0 Å². The number of hydrogen-bond donors (Lipinski definition) is 0. The van der Waals surface area contributed by atoms with Crippen molar-refractivity contribution in [2.45, 2.75) is 23.8 Å². The maximum absolute atomic E-state index is 6.24. The Kier molecular flexibility index (Phi) is 3.42.